The van der Waals surface area contributed by atoms with Crippen LogP contribution in [0.5, 0.6) is 0 Å². The molecular weight excluding hydrogens is 3330 g/mol. The van der Waals surface area contributed by atoms with Gasteiger partial charge in [0.1, 0.15) is 0 Å². The Kier molecular flexibility index (Phi) is 386. The number of carbonyl (C=O) groups is 1. The summed E-state index contributed by atoms with van der Waals surface area (Å²) >= 11 is 0. The van der Waals surface area contributed by atoms with E-state index in [2.05, 4.69) is 163 Å². The summed E-state index contributed by atoms with van der Waals surface area (Å²) < 4.78 is 4.98. The molecule has 0 aromatic carbocycles. The van der Waals surface area contributed by atoms with Crippen LogP contribution in [0.3, 0.4) is 0 Å². The summed E-state index contributed by atoms with van der Waals surface area (Å²) in [6.45, 7) is 12.9. The van der Waals surface area contributed by atoms with Gasteiger partial charge in [0, 0.05) is 988 Å². The smallest absolute Gasteiger partial charge is 0.309 e. The molecule has 0 spiro atoms. The number of hydrogen-bond donors (Lipinski definition) is 1. The molecule has 2 fully saturated rings. The SMILES string of the molecule is CC[C-]=CCC[C-]=CCC[C-]=CC1C(C(=O)OC)C1(C)C=[C-]CCC=[C-]CC.CC[C-]=CCC[C-]=CCC[C-]=CC1C(CO)C1(C)C=[C-]CCC=[C-]CC.[Y].[Y].[Y].[Y].[Y].[Y].[Y].[Y].[Y].[Y].[Y].[Y].[Y].[Y].[Y].[Y].[Y].[Y].[Y].[Y].[Y].[Y].[Y].[Y].[Y].[Y].[Y].[Y].[Y].[Y]. The zero-order chi connectivity index (χ0) is 39.8. The molecule has 0 aromatic rings. The number of aliphatic hydroxyl groups excluding tert-OH is 1. The van der Waals surface area contributed by atoms with Crippen LogP contribution in [0.4, 0.5) is 0 Å². The maximum absolute atomic E-state index is 12.1. The molecule has 2 saturated carbocycles. The molecule has 0 saturated heterocycles. The van der Waals surface area contributed by atoms with E-state index in [1.54, 1.807) is 0 Å². The molecule has 84 heavy (non-hydrogen) atoms. The molecule has 0 aromatic heterocycles. The minimum Gasteiger partial charge on any atom is -0.501 e. The Labute approximate surface area is 1270 Å². The maximum atomic E-state index is 12.1. The second kappa shape index (κ2) is 157. The molecule has 6 atom stereocenters. The van der Waals surface area contributed by atoms with Gasteiger partial charge in [0.15, 0.2) is 0 Å². The Morgan fingerprint density at radius 3 is 0.833 bits per heavy atom. The van der Waals surface area contributed by atoms with Crippen molar-refractivity contribution in [2.75, 3.05) is 13.7 Å². The first-order valence-corrected chi connectivity index (χ1v) is 20.6. The van der Waals surface area contributed by atoms with E-state index in [-0.39, 0.29) is 1020 Å². The predicted octanol–water partition coefficient (Wildman–Crippen LogP) is 12.5. The third-order valence-corrected chi connectivity index (χ3v) is 9.83. The Morgan fingerprint density at radius 2 is 0.583 bits per heavy atom. The quantitative estimate of drug-likeness (QED) is 0.0482. The number of allylic oxidation sites excluding steroid dienone is 20. The first-order chi connectivity index (χ1) is 26.3. The van der Waals surface area contributed by atoms with Gasteiger partial charge in [0.2, 0.25) is 0 Å². The Hall–Kier alpha value is 29.9. The second-order valence-corrected chi connectivity index (χ2v) is 14.1. The van der Waals surface area contributed by atoms with Crippen LogP contribution in [0.2, 0.25) is 0 Å². The third kappa shape index (κ3) is 118. The van der Waals surface area contributed by atoms with E-state index in [1.165, 1.54) is 7.11 Å². The minimum atomic E-state index is -0.206. The van der Waals surface area contributed by atoms with Crippen molar-refractivity contribution in [1.82, 2.24) is 0 Å². The number of aliphatic hydroxyl groups is 1. The molecule has 2 aliphatic carbocycles. The fourth-order valence-corrected chi connectivity index (χ4v) is 6.36. The van der Waals surface area contributed by atoms with Gasteiger partial charge in [-0.15, -0.1) is 0 Å². The van der Waals surface area contributed by atoms with Gasteiger partial charge in [-0.25, -0.2) is 0 Å². The van der Waals surface area contributed by atoms with Crippen molar-refractivity contribution in [3.63, 3.8) is 0 Å². The molecule has 30 radical (unpaired) electrons. The van der Waals surface area contributed by atoms with E-state index in [0.29, 0.717) is 11.8 Å². The molecule has 0 aliphatic heterocycles. The Morgan fingerprint density at radius 1 is 0.357 bits per heavy atom. The molecule has 33 heteroatoms. The van der Waals surface area contributed by atoms with Gasteiger partial charge in [0.25, 0.3) is 0 Å². The number of carbonyl (C=O) groups excluding carboxylic acids is 1. The summed E-state index contributed by atoms with van der Waals surface area (Å²) in [4.78, 5) is 12.1. The van der Waals surface area contributed by atoms with Gasteiger partial charge in [0.05, 0.1) is 13.0 Å². The van der Waals surface area contributed by atoms with Crippen LogP contribution < -0.4 is 0 Å². The van der Waals surface area contributed by atoms with Gasteiger partial charge in [-0.2, -0.15) is 64.2 Å². The number of ether oxygens (including phenoxy) is 1. The van der Waals surface area contributed by atoms with Crippen molar-refractivity contribution < 1.29 is 996 Å². The van der Waals surface area contributed by atoms with E-state index in [4.69, 9.17) is 4.74 Å². The Bertz CT molecular complexity index is 1350. The first-order valence-electron chi connectivity index (χ1n) is 20.6. The van der Waals surface area contributed by atoms with Crippen LogP contribution in [0, 0.1) is 95.3 Å². The first kappa shape index (κ1) is 206. The van der Waals surface area contributed by atoms with Crippen molar-refractivity contribution >= 4 is 5.97 Å². The zero-order valence-electron chi connectivity index (χ0n) is 52.2. The average molecular weight is 3400 g/mol. The number of methoxy groups -OCH3 is 1. The topological polar surface area (TPSA) is 46.5 Å². The van der Waals surface area contributed by atoms with Crippen LogP contribution in [-0.4, -0.2) is 24.8 Å². The van der Waals surface area contributed by atoms with Gasteiger partial charge < -0.3 is 70.6 Å². The molecule has 6 unspecified atom stereocenters. The van der Waals surface area contributed by atoms with E-state index < -0.39 is 0 Å². The molecule has 0 amide bonds. The molecule has 2 rings (SSSR count). The molecule has 3 nitrogen and oxygen atoms in total. The molecule has 392 valence electrons. The minimum absolute atomic E-state index is 0. The average Bonchev–Trinajstić information content (AvgIpc) is 3.98. The monoisotopic (exact) mass is 3400 g/mol. The van der Waals surface area contributed by atoms with Gasteiger partial charge >= 0.3 is 5.97 Å². The van der Waals surface area contributed by atoms with E-state index >= 15 is 0 Å². The largest absolute Gasteiger partial charge is 0.501 e. The number of hydrogen-bond acceptors (Lipinski definition) is 3. The van der Waals surface area contributed by atoms with Crippen molar-refractivity contribution in [3.8, 4) is 0 Å². The number of esters is 1. The normalized spacial score (nSPS) is 16.6. The van der Waals surface area contributed by atoms with Crippen molar-refractivity contribution in [2.24, 2.45) is 34.5 Å². The van der Waals surface area contributed by atoms with Gasteiger partial charge in [-0.05, 0) is 28.6 Å². The molecule has 1 N–H and O–H groups in total. The summed E-state index contributed by atoms with van der Waals surface area (Å²) in [5, 5.41) is 9.61. The second-order valence-electron chi connectivity index (χ2n) is 14.1. The fourth-order valence-electron chi connectivity index (χ4n) is 6.36. The predicted molar refractivity (Wildman–Crippen MR) is 224 cm³/mol. The van der Waals surface area contributed by atoms with Crippen LogP contribution in [0.15, 0.2) is 60.8 Å². The van der Waals surface area contributed by atoms with E-state index in [1.807, 2.05) is 0 Å². The fraction of sp³-hybridized carbons (Fsp3) is 0.588. The number of rotatable bonds is 28. The summed E-state index contributed by atoms with van der Waals surface area (Å²) in [6, 6.07) is 0. The van der Waals surface area contributed by atoms with E-state index in [0.717, 1.165) is 103 Å². The number of unbranched alkanes of at least 4 members (excludes halogenated alkanes) is 6. The van der Waals surface area contributed by atoms with Gasteiger partial charge in [-0.1, -0.05) is 80.1 Å². The van der Waals surface area contributed by atoms with Gasteiger partial charge in [-0.3, -0.25) is 65.6 Å². The molecule has 0 bridgehead atoms. The standard InChI is InChI=1S/C26H35O2.C25H35O.30Y/c1-5-7-9-11-13-14-15-16-17-19-21-23-24(25(27)28-4)26(23,3)22-20-18-12-10-8-6-2;1-4-6-8-10-12-13-14-15-16-18-20-23-24(22-26)25(23,3)21-19-17-11-9-7-5-2;;;;;;;;;;;;;;;;;;;;;;;;;;;;;;/h9-10,15,21-24H,5-6,11-13,16-18H2,1-4H3;8-9,14,20-21,23-24,26H,4-5,10-12,15-17,22H2,1-3H3;;;;;;;;;;;;;;;;;;;;;;;;;;;;;;/q2*-5;;;;;;;;;;;;;;;;;;;;;;;;;;;;;;. The summed E-state index contributed by atoms with van der Waals surface area (Å²) in [5.41, 5.74) is -0.160. The van der Waals surface area contributed by atoms with Crippen LogP contribution in [0.25, 0.3) is 0 Å². The van der Waals surface area contributed by atoms with Crippen LogP contribution >= 0.6 is 0 Å². The van der Waals surface area contributed by atoms with Crippen LogP contribution in [0.1, 0.15) is 144 Å². The maximum Gasteiger partial charge on any atom is 0.309 e. The molecule has 2 aliphatic rings. The summed E-state index contributed by atoms with van der Waals surface area (Å²) in [6.07, 6.45) is 69.0. The van der Waals surface area contributed by atoms with Crippen molar-refractivity contribution in [1.29, 1.82) is 0 Å². The molecule has 0 heterocycles. The zero-order valence-corrected chi connectivity index (χ0v) is 137. The molecular formula is C51H70O3Y30-10. The van der Waals surface area contributed by atoms with Crippen molar-refractivity contribution in [2.45, 2.75) is 144 Å². The Balaban J connectivity index is -0.0000000183. The van der Waals surface area contributed by atoms with E-state index in [9.17, 15) is 9.90 Å². The third-order valence-electron chi connectivity index (χ3n) is 9.83. The summed E-state index contributed by atoms with van der Waals surface area (Å²) in [5.74, 6) is 0.573. The van der Waals surface area contributed by atoms with Crippen LogP contribution in [-0.2, 0) is 991 Å². The summed E-state index contributed by atoms with van der Waals surface area (Å²) in [7, 11) is 1.46. The van der Waals surface area contributed by atoms with Crippen molar-refractivity contribution in [3.05, 3.63) is 122 Å².